The molecular formula is C14H24N6. The molecule has 6 nitrogen and oxygen atoms in total. The minimum absolute atomic E-state index is 0.784. The largest absolute Gasteiger partial charge is 0.372 e. The minimum Gasteiger partial charge on any atom is -0.372 e. The highest BCUT2D eigenvalue weighted by Gasteiger charge is 2.12. The van der Waals surface area contributed by atoms with Crippen LogP contribution in [-0.4, -0.2) is 44.8 Å². The van der Waals surface area contributed by atoms with E-state index in [1.54, 1.807) is 10.9 Å². The van der Waals surface area contributed by atoms with Crippen LogP contribution in [0.5, 0.6) is 0 Å². The number of nitrogens with one attached hydrogen (secondary N) is 1. The summed E-state index contributed by atoms with van der Waals surface area (Å²) in [7, 11) is 3.79. The van der Waals surface area contributed by atoms with Gasteiger partial charge in [0.15, 0.2) is 5.65 Å². The van der Waals surface area contributed by atoms with E-state index < -0.39 is 0 Å². The third-order valence-corrected chi connectivity index (χ3v) is 3.52. The molecule has 0 bridgehead atoms. The molecule has 1 N–H and O–H groups in total. The van der Waals surface area contributed by atoms with Gasteiger partial charge in [-0.1, -0.05) is 20.3 Å². The van der Waals surface area contributed by atoms with Crippen LogP contribution in [0.2, 0.25) is 0 Å². The maximum atomic E-state index is 4.65. The van der Waals surface area contributed by atoms with Gasteiger partial charge in [0.25, 0.3) is 0 Å². The molecule has 0 saturated carbocycles. The van der Waals surface area contributed by atoms with Crippen molar-refractivity contribution in [2.24, 2.45) is 7.05 Å². The standard InChI is InChI=1S/C14H24N6/c1-5-7-8-20(6-2)10-12-17-13(15-3)11-9-16-19(4)14(11)18-12/h9H,5-8,10H2,1-4H3,(H,15,17,18). The fraction of sp³-hybridized carbons (Fsp3) is 0.643. The second kappa shape index (κ2) is 6.65. The van der Waals surface area contributed by atoms with Crippen LogP contribution in [0.3, 0.4) is 0 Å². The average molecular weight is 276 g/mol. The lowest BCUT2D eigenvalue weighted by atomic mass is 10.3. The summed E-state index contributed by atoms with van der Waals surface area (Å²) in [6.07, 6.45) is 4.22. The minimum atomic E-state index is 0.784. The molecule has 20 heavy (non-hydrogen) atoms. The molecular weight excluding hydrogens is 252 g/mol. The Kier molecular flexibility index (Phi) is 4.89. The Morgan fingerprint density at radius 2 is 2.10 bits per heavy atom. The topological polar surface area (TPSA) is 58.9 Å². The maximum Gasteiger partial charge on any atom is 0.163 e. The highest BCUT2D eigenvalue weighted by Crippen LogP contribution is 2.19. The summed E-state index contributed by atoms with van der Waals surface area (Å²) in [6, 6.07) is 0. The van der Waals surface area contributed by atoms with Crippen LogP contribution in [0.4, 0.5) is 5.82 Å². The molecule has 0 aliphatic heterocycles. The zero-order valence-corrected chi connectivity index (χ0v) is 12.8. The molecule has 0 aliphatic carbocycles. The Morgan fingerprint density at radius 3 is 2.75 bits per heavy atom. The molecule has 0 aromatic carbocycles. The van der Waals surface area contributed by atoms with Gasteiger partial charge in [-0.25, -0.2) is 9.97 Å². The monoisotopic (exact) mass is 276 g/mol. The van der Waals surface area contributed by atoms with Gasteiger partial charge >= 0.3 is 0 Å². The predicted molar refractivity (Wildman–Crippen MR) is 81.7 cm³/mol. The Balaban J connectivity index is 2.27. The van der Waals surface area contributed by atoms with Crippen molar-refractivity contribution in [1.82, 2.24) is 24.6 Å². The molecule has 0 saturated heterocycles. The van der Waals surface area contributed by atoms with E-state index in [0.29, 0.717) is 0 Å². The average Bonchev–Trinajstić information content (AvgIpc) is 2.84. The maximum absolute atomic E-state index is 4.65. The van der Waals surface area contributed by atoms with Gasteiger partial charge in [0.1, 0.15) is 11.6 Å². The van der Waals surface area contributed by atoms with Crippen LogP contribution in [0, 0.1) is 0 Å². The number of hydrogen-bond donors (Lipinski definition) is 1. The molecule has 0 atom stereocenters. The molecule has 0 spiro atoms. The Labute approximate surface area is 120 Å². The second-order valence-corrected chi connectivity index (χ2v) is 4.97. The van der Waals surface area contributed by atoms with Crippen LogP contribution < -0.4 is 5.32 Å². The van der Waals surface area contributed by atoms with Gasteiger partial charge in [0, 0.05) is 14.1 Å². The van der Waals surface area contributed by atoms with Crippen molar-refractivity contribution in [3.8, 4) is 0 Å². The van der Waals surface area contributed by atoms with Crippen LogP contribution in [0.25, 0.3) is 11.0 Å². The van der Waals surface area contributed by atoms with Crippen LogP contribution in [0.1, 0.15) is 32.5 Å². The van der Waals surface area contributed by atoms with E-state index in [-0.39, 0.29) is 0 Å². The lowest BCUT2D eigenvalue weighted by Crippen LogP contribution is -2.25. The van der Waals surface area contributed by atoms with Crippen molar-refractivity contribution in [3.63, 3.8) is 0 Å². The number of aryl methyl sites for hydroxylation is 1. The lowest BCUT2D eigenvalue weighted by molar-refractivity contribution is 0.269. The van der Waals surface area contributed by atoms with Crippen molar-refractivity contribution < 1.29 is 0 Å². The zero-order chi connectivity index (χ0) is 14.5. The van der Waals surface area contributed by atoms with Crippen molar-refractivity contribution in [3.05, 3.63) is 12.0 Å². The van der Waals surface area contributed by atoms with Crippen LogP contribution in [-0.2, 0) is 13.6 Å². The smallest absolute Gasteiger partial charge is 0.163 e. The summed E-state index contributed by atoms with van der Waals surface area (Å²) in [5.74, 6) is 1.70. The molecule has 2 aromatic heterocycles. The number of fused-ring (bicyclic) bond motifs is 1. The summed E-state index contributed by atoms with van der Waals surface area (Å²) < 4.78 is 1.80. The number of unbranched alkanes of at least 4 members (excludes halogenated alkanes) is 1. The first-order valence-corrected chi connectivity index (χ1v) is 7.28. The lowest BCUT2D eigenvalue weighted by Gasteiger charge is -2.19. The quantitative estimate of drug-likeness (QED) is 0.838. The van der Waals surface area contributed by atoms with E-state index in [4.69, 9.17) is 0 Å². The summed E-state index contributed by atoms with van der Waals surface area (Å²) in [5, 5.41) is 8.36. The normalized spacial score (nSPS) is 11.4. The van der Waals surface area contributed by atoms with Crippen molar-refractivity contribution in [1.29, 1.82) is 0 Å². The van der Waals surface area contributed by atoms with Gasteiger partial charge in [-0.05, 0) is 19.5 Å². The summed E-state index contributed by atoms with van der Waals surface area (Å²) in [6.45, 7) is 7.28. The highest BCUT2D eigenvalue weighted by molar-refractivity contribution is 5.86. The van der Waals surface area contributed by atoms with Gasteiger partial charge in [-0.2, -0.15) is 5.10 Å². The first-order chi connectivity index (χ1) is 9.69. The molecule has 0 amide bonds. The Morgan fingerprint density at radius 1 is 1.30 bits per heavy atom. The third kappa shape index (κ3) is 3.07. The predicted octanol–water partition coefficient (Wildman–Crippen LogP) is 2.03. The SMILES string of the molecule is CCCCN(CC)Cc1nc(NC)c2cnn(C)c2n1. The zero-order valence-electron chi connectivity index (χ0n) is 12.8. The Hall–Kier alpha value is -1.69. The highest BCUT2D eigenvalue weighted by atomic mass is 15.3. The van der Waals surface area contributed by atoms with E-state index >= 15 is 0 Å². The van der Waals surface area contributed by atoms with E-state index in [1.807, 2.05) is 14.1 Å². The number of nitrogens with zero attached hydrogens (tertiary/aromatic N) is 5. The summed E-state index contributed by atoms with van der Waals surface area (Å²) >= 11 is 0. The van der Waals surface area contributed by atoms with E-state index in [1.165, 1.54) is 12.8 Å². The Bertz CT molecular complexity index is 562. The fourth-order valence-electron chi connectivity index (χ4n) is 2.26. The number of anilines is 1. The van der Waals surface area contributed by atoms with Crippen molar-refractivity contribution in [2.45, 2.75) is 33.2 Å². The number of aromatic nitrogens is 4. The van der Waals surface area contributed by atoms with Crippen LogP contribution in [0.15, 0.2) is 6.20 Å². The first kappa shape index (κ1) is 14.7. The molecule has 0 unspecified atom stereocenters. The van der Waals surface area contributed by atoms with Gasteiger partial charge in [0.2, 0.25) is 0 Å². The molecule has 0 aliphatic rings. The van der Waals surface area contributed by atoms with E-state index in [9.17, 15) is 0 Å². The van der Waals surface area contributed by atoms with Crippen LogP contribution >= 0.6 is 0 Å². The first-order valence-electron chi connectivity index (χ1n) is 7.28. The molecule has 6 heteroatoms. The van der Waals surface area contributed by atoms with Gasteiger partial charge in [-0.15, -0.1) is 0 Å². The van der Waals surface area contributed by atoms with Gasteiger partial charge < -0.3 is 5.32 Å². The molecule has 0 radical (unpaired) electrons. The van der Waals surface area contributed by atoms with E-state index in [2.05, 4.69) is 39.1 Å². The molecule has 0 fully saturated rings. The van der Waals surface area contributed by atoms with Crippen molar-refractivity contribution in [2.75, 3.05) is 25.5 Å². The molecule has 2 rings (SSSR count). The van der Waals surface area contributed by atoms with E-state index in [0.717, 1.165) is 42.3 Å². The molecule has 2 heterocycles. The van der Waals surface area contributed by atoms with Gasteiger partial charge in [-0.3, -0.25) is 9.58 Å². The molecule has 110 valence electrons. The van der Waals surface area contributed by atoms with Crippen molar-refractivity contribution >= 4 is 16.9 Å². The van der Waals surface area contributed by atoms with Gasteiger partial charge in [0.05, 0.1) is 18.1 Å². The second-order valence-electron chi connectivity index (χ2n) is 4.97. The number of rotatable bonds is 7. The summed E-state index contributed by atoms with van der Waals surface area (Å²) in [5.41, 5.74) is 0.880. The number of hydrogen-bond acceptors (Lipinski definition) is 5. The fourth-order valence-corrected chi connectivity index (χ4v) is 2.26. The summed E-state index contributed by atoms with van der Waals surface area (Å²) in [4.78, 5) is 11.6. The molecule has 2 aromatic rings. The third-order valence-electron chi connectivity index (χ3n) is 3.52.